The average molecular weight is 166 g/mol. The van der Waals surface area contributed by atoms with Gasteiger partial charge in [-0.15, -0.1) is 0 Å². The molecule has 0 heterocycles. The molecule has 0 N–H and O–H groups in total. The maximum atomic E-state index is 2.43. The van der Waals surface area contributed by atoms with E-state index in [9.17, 15) is 0 Å². The summed E-state index contributed by atoms with van der Waals surface area (Å²) in [5.74, 6) is 0. The molecule has 0 fully saturated rings. The van der Waals surface area contributed by atoms with Crippen molar-refractivity contribution in [2.24, 2.45) is 0 Å². The zero-order valence-electron chi connectivity index (χ0n) is 8.28. The van der Waals surface area contributed by atoms with Gasteiger partial charge in [0.15, 0.2) is 0 Å². The maximum Gasteiger partial charge on any atom is 0.0732 e. The number of hydrogen-bond donors (Lipinski definition) is 0. The summed E-state index contributed by atoms with van der Waals surface area (Å²) in [4.78, 5) is 0. The molecule has 0 saturated heterocycles. The van der Waals surface area contributed by atoms with E-state index in [0.29, 0.717) is 0 Å². The Labute approximate surface area is 71.0 Å². The average Bonchev–Trinajstić information content (AvgIpc) is 2.11. The summed E-state index contributed by atoms with van der Waals surface area (Å²) < 4.78 is 0. The van der Waals surface area contributed by atoms with Gasteiger partial charge in [-0.25, -0.2) is 0 Å². The Hall–Kier alpha value is -0.303. The van der Waals surface area contributed by atoms with E-state index in [0.717, 1.165) is 0 Å². The first-order valence-corrected chi connectivity index (χ1v) is 7.80. The third-order valence-corrected chi connectivity index (χ3v) is 4.95. The minimum atomic E-state index is -1.00. The van der Waals surface area contributed by atoms with Crippen LogP contribution in [0.1, 0.15) is 20.3 Å². The second kappa shape index (κ2) is 2.63. The van der Waals surface area contributed by atoms with E-state index in [2.05, 4.69) is 39.6 Å². The van der Waals surface area contributed by atoms with Crippen molar-refractivity contribution >= 4 is 8.07 Å². The summed E-state index contributed by atoms with van der Waals surface area (Å²) >= 11 is 0. The highest BCUT2D eigenvalue weighted by Gasteiger charge is 2.23. The fourth-order valence-corrected chi connectivity index (χ4v) is 3.70. The third kappa shape index (κ3) is 1.64. The topological polar surface area (TPSA) is 0 Å². The molecule has 0 saturated carbocycles. The summed E-state index contributed by atoms with van der Waals surface area (Å²) in [5.41, 5.74) is 3.08. The van der Waals surface area contributed by atoms with E-state index < -0.39 is 8.07 Å². The van der Waals surface area contributed by atoms with E-state index in [4.69, 9.17) is 0 Å². The van der Waals surface area contributed by atoms with Crippen LogP contribution in [0.3, 0.4) is 0 Å². The van der Waals surface area contributed by atoms with Crippen molar-refractivity contribution in [3.63, 3.8) is 0 Å². The molecule has 0 aromatic rings. The summed E-state index contributed by atoms with van der Waals surface area (Å²) in [5, 5.41) is 1.75. The monoisotopic (exact) mass is 166 g/mol. The van der Waals surface area contributed by atoms with Crippen molar-refractivity contribution in [3.05, 3.63) is 22.4 Å². The first-order chi connectivity index (χ1) is 4.93. The van der Waals surface area contributed by atoms with E-state index in [1.807, 2.05) is 0 Å². The van der Waals surface area contributed by atoms with E-state index in [1.54, 1.807) is 10.8 Å². The molecular weight excluding hydrogens is 148 g/mol. The Kier molecular flexibility index (Phi) is 2.10. The van der Waals surface area contributed by atoms with E-state index in [1.165, 1.54) is 12.0 Å². The first kappa shape index (κ1) is 8.79. The number of hydrogen-bond acceptors (Lipinski definition) is 0. The van der Waals surface area contributed by atoms with Crippen molar-refractivity contribution in [1.29, 1.82) is 0 Å². The van der Waals surface area contributed by atoms with Gasteiger partial charge in [0.1, 0.15) is 0 Å². The van der Waals surface area contributed by atoms with Gasteiger partial charge in [0.25, 0.3) is 0 Å². The van der Waals surface area contributed by atoms with Gasteiger partial charge >= 0.3 is 0 Å². The Morgan fingerprint density at radius 3 is 1.91 bits per heavy atom. The second-order valence-corrected chi connectivity index (χ2v) is 9.55. The fraction of sp³-hybridized carbons (Fsp3) is 0.600. The molecule has 0 aromatic carbocycles. The lowest BCUT2D eigenvalue weighted by Crippen LogP contribution is -2.23. The van der Waals surface area contributed by atoms with Crippen LogP contribution in [0.15, 0.2) is 22.4 Å². The van der Waals surface area contributed by atoms with Gasteiger partial charge in [-0.05, 0) is 20.3 Å². The van der Waals surface area contributed by atoms with Gasteiger partial charge in [0, 0.05) is 0 Å². The largest absolute Gasteiger partial charge is 0.0777 e. The highest BCUT2D eigenvalue weighted by molar-refractivity contribution is 6.83. The van der Waals surface area contributed by atoms with Crippen LogP contribution in [0.4, 0.5) is 0 Å². The molecule has 11 heavy (non-hydrogen) atoms. The summed E-state index contributed by atoms with van der Waals surface area (Å²) in [6, 6.07) is 0. The van der Waals surface area contributed by atoms with Crippen LogP contribution in [-0.2, 0) is 0 Å². The molecule has 1 aliphatic carbocycles. The van der Waals surface area contributed by atoms with Crippen LogP contribution in [0.25, 0.3) is 0 Å². The van der Waals surface area contributed by atoms with Gasteiger partial charge in [-0.2, -0.15) is 0 Å². The van der Waals surface area contributed by atoms with Crippen molar-refractivity contribution in [2.45, 2.75) is 39.9 Å². The molecule has 0 radical (unpaired) electrons. The predicted molar refractivity (Wildman–Crippen MR) is 54.4 cm³/mol. The van der Waals surface area contributed by atoms with Crippen molar-refractivity contribution in [1.82, 2.24) is 0 Å². The smallest absolute Gasteiger partial charge is 0.0732 e. The molecule has 0 bridgehead atoms. The van der Waals surface area contributed by atoms with Crippen LogP contribution >= 0.6 is 0 Å². The Morgan fingerprint density at radius 1 is 1.18 bits per heavy atom. The molecule has 1 rings (SSSR count). The summed E-state index contributed by atoms with van der Waals surface area (Å²) in [6.45, 7) is 11.8. The number of rotatable bonds is 1. The zero-order valence-corrected chi connectivity index (χ0v) is 9.28. The lowest BCUT2D eigenvalue weighted by molar-refractivity contribution is 1.32. The first-order valence-electron chi connectivity index (χ1n) is 4.30. The van der Waals surface area contributed by atoms with Crippen molar-refractivity contribution < 1.29 is 0 Å². The molecule has 0 atom stereocenters. The lowest BCUT2D eigenvalue weighted by atomic mass is 10.2. The maximum absolute atomic E-state index is 2.43. The molecule has 62 valence electrons. The molecule has 0 aromatic heterocycles. The standard InChI is InChI=1S/C10H18Si/c1-8-6-7-10(9(8)2)11(3,4)5/h6H,7H2,1-5H3. The molecule has 1 heteroatoms. The molecule has 0 unspecified atom stereocenters. The van der Waals surface area contributed by atoms with Crippen LogP contribution < -0.4 is 0 Å². The van der Waals surface area contributed by atoms with Gasteiger partial charge in [-0.1, -0.05) is 42.1 Å². The normalized spacial score (nSPS) is 19.2. The van der Waals surface area contributed by atoms with Crippen LogP contribution in [0.2, 0.25) is 19.6 Å². The Bertz CT molecular complexity index is 226. The van der Waals surface area contributed by atoms with Gasteiger partial charge < -0.3 is 0 Å². The molecular formula is C10H18Si. The van der Waals surface area contributed by atoms with Crippen LogP contribution in [-0.4, -0.2) is 8.07 Å². The lowest BCUT2D eigenvalue weighted by Gasteiger charge is -2.19. The Balaban J connectivity index is 2.95. The summed E-state index contributed by atoms with van der Waals surface area (Å²) in [6.07, 6.45) is 3.59. The SMILES string of the molecule is CC1=CCC([Si](C)(C)C)=C1C. The molecule has 0 amide bonds. The minimum Gasteiger partial charge on any atom is -0.0777 e. The third-order valence-electron chi connectivity index (χ3n) is 2.56. The molecule has 1 aliphatic rings. The van der Waals surface area contributed by atoms with Crippen molar-refractivity contribution in [3.8, 4) is 0 Å². The molecule has 0 spiro atoms. The summed E-state index contributed by atoms with van der Waals surface area (Å²) in [7, 11) is -1.00. The van der Waals surface area contributed by atoms with Crippen molar-refractivity contribution in [2.75, 3.05) is 0 Å². The molecule has 0 nitrogen and oxygen atoms in total. The zero-order chi connectivity index (χ0) is 8.65. The highest BCUT2D eigenvalue weighted by Crippen LogP contribution is 2.31. The van der Waals surface area contributed by atoms with Gasteiger partial charge in [0.2, 0.25) is 0 Å². The second-order valence-electron chi connectivity index (χ2n) is 4.44. The quantitative estimate of drug-likeness (QED) is 0.523. The van der Waals surface area contributed by atoms with Crippen LogP contribution in [0.5, 0.6) is 0 Å². The fourth-order valence-electron chi connectivity index (χ4n) is 1.67. The predicted octanol–water partition coefficient (Wildman–Crippen LogP) is 3.53. The van der Waals surface area contributed by atoms with Crippen LogP contribution in [0, 0.1) is 0 Å². The minimum absolute atomic E-state index is 1.00. The Morgan fingerprint density at radius 2 is 1.73 bits per heavy atom. The van der Waals surface area contributed by atoms with Gasteiger partial charge in [0.05, 0.1) is 8.07 Å². The number of allylic oxidation sites excluding steroid dienone is 4. The van der Waals surface area contributed by atoms with Gasteiger partial charge in [-0.3, -0.25) is 0 Å². The highest BCUT2D eigenvalue weighted by atomic mass is 28.3. The molecule has 0 aliphatic heterocycles. The van der Waals surface area contributed by atoms with E-state index in [-0.39, 0.29) is 0 Å². The van der Waals surface area contributed by atoms with E-state index >= 15 is 0 Å².